The maximum Gasteiger partial charge on any atom is 0.177 e. The Kier molecular flexibility index (Phi) is 8.49. The van der Waals surface area contributed by atoms with E-state index in [1.807, 2.05) is 12.1 Å². The minimum absolute atomic E-state index is 0.265. The molecule has 0 aliphatic carbocycles. The van der Waals surface area contributed by atoms with Crippen molar-refractivity contribution in [2.75, 3.05) is 74.5 Å². The van der Waals surface area contributed by atoms with E-state index < -0.39 is 27.5 Å². The van der Waals surface area contributed by atoms with Gasteiger partial charge in [0, 0.05) is 75.8 Å². The minimum atomic E-state index is -3.52. The van der Waals surface area contributed by atoms with Crippen molar-refractivity contribution in [3.8, 4) is 0 Å². The molecule has 3 aromatic rings. The van der Waals surface area contributed by atoms with E-state index in [2.05, 4.69) is 37.0 Å². The first kappa shape index (κ1) is 29.7. The lowest BCUT2D eigenvalue weighted by molar-refractivity contribution is 0.0981. The summed E-state index contributed by atoms with van der Waals surface area (Å²) in [5.41, 5.74) is 1.72. The molecule has 2 aromatic carbocycles. The molecule has 1 N–H and O–H groups in total. The molecule has 1 atom stereocenters. The summed E-state index contributed by atoms with van der Waals surface area (Å²) in [6.45, 7) is 6.28. The number of anilines is 4. The van der Waals surface area contributed by atoms with Gasteiger partial charge in [-0.2, -0.15) is 0 Å². The van der Waals surface area contributed by atoms with Gasteiger partial charge in [0.1, 0.15) is 23.8 Å². The Hall–Kier alpha value is -3.39. The number of halogens is 2. The molecule has 230 valence electrons. The molecule has 3 aliphatic heterocycles. The maximum atomic E-state index is 13.9. The summed E-state index contributed by atoms with van der Waals surface area (Å²) >= 11 is 0. The Morgan fingerprint density at radius 2 is 1.63 bits per heavy atom. The Morgan fingerprint density at radius 1 is 0.907 bits per heavy atom. The van der Waals surface area contributed by atoms with Crippen LogP contribution in [0.5, 0.6) is 0 Å². The van der Waals surface area contributed by atoms with Crippen LogP contribution in [0.3, 0.4) is 0 Å². The summed E-state index contributed by atoms with van der Waals surface area (Å²) in [7, 11) is -1.37. The van der Waals surface area contributed by atoms with Crippen molar-refractivity contribution in [1.82, 2.24) is 19.8 Å². The van der Waals surface area contributed by atoms with Crippen LogP contribution in [0.1, 0.15) is 30.9 Å². The molecule has 1 aromatic heterocycles. The molecular weight excluding hydrogens is 576 g/mol. The average molecular weight is 614 g/mol. The van der Waals surface area contributed by atoms with Crippen molar-refractivity contribution < 1.29 is 22.0 Å². The fourth-order valence-corrected chi connectivity index (χ4v) is 7.18. The van der Waals surface area contributed by atoms with Gasteiger partial charge in [-0.25, -0.2) is 32.2 Å². The second-order valence-electron chi connectivity index (χ2n) is 11.6. The largest absolute Gasteiger partial charge is 0.370 e. The van der Waals surface area contributed by atoms with Crippen molar-refractivity contribution in [3.63, 3.8) is 0 Å². The molecule has 13 heteroatoms. The van der Waals surface area contributed by atoms with Crippen LogP contribution in [0.15, 0.2) is 53.7 Å². The van der Waals surface area contributed by atoms with E-state index in [1.54, 1.807) is 12.1 Å². The molecule has 1 unspecified atom stereocenters. The standard InChI is InChI=1S/C30H37F2N7O3S/c1-36-10-12-37(13-11-36)25-5-8-38(9-6-25)27-4-3-24(18-28(27)43(2,40)41)35-29-19-30(34-20-33-29)39-26(7-14-42-39)21-15-22(31)17-23(32)16-21/h3-4,15-20,25-26H,5-14H2,1-2H3,(H,33,34,35). The predicted molar refractivity (Wildman–Crippen MR) is 161 cm³/mol. The summed E-state index contributed by atoms with van der Waals surface area (Å²) in [4.78, 5) is 21.8. The van der Waals surface area contributed by atoms with Crippen LogP contribution in [0.4, 0.5) is 31.8 Å². The van der Waals surface area contributed by atoms with E-state index in [0.717, 1.165) is 58.2 Å². The average Bonchev–Trinajstić information content (AvgIpc) is 3.47. The molecule has 0 saturated carbocycles. The lowest BCUT2D eigenvalue weighted by Crippen LogP contribution is -2.52. The van der Waals surface area contributed by atoms with Crippen molar-refractivity contribution in [1.29, 1.82) is 0 Å². The van der Waals surface area contributed by atoms with E-state index in [0.29, 0.717) is 47.6 Å². The summed E-state index contributed by atoms with van der Waals surface area (Å²) < 4.78 is 53.6. The summed E-state index contributed by atoms with van der Waals surface area (Å²) in [5, 5.41) is 4.72. The Bertz CT molecular complexity index is 1540. The highest BCUT2D eigenvalue weighted by atomic mass is 32.2. The van der Waals surface area contributed by atoms with Crippen LogP contribution in [0, 0.1) is 11.6 Å². The van der Waals surface area contributed by atoms with Gasteiger partial charge in [0.15, 0.2) is 15.7 Å². The van der Waals surface area contributed by atoms with E-state index in [1.165, 1.54) is 29.8 Å². The molecule has 3 saturated heterocycles. The van der Waals surface area contributed by atoms with Crippen molar-refractivity contribution in [3.05, 3.63) is 66.0 Å². The van der Waals surface area contributed by atoms with Crippen molar-refractivity contribution in [2.24, 2.45) is 0 Å². The molecule has 0 bridgehead atoms. The molecule has 6 rings (SSSR count). The number of hydrogen-bond acceptors (Lipinski definition) is 10. The van der Waals surface area contributed by atoms with Crippen LogP contribution in [0.2, 0.25) is 0 Å². The lowest BCUT2D eigenvalue weighted by atomic mass is 10.0. The zero-order chi connectivity index (χ0) is 30.1. The highest BCUT2D eigenvalue weighted by molar-refractivity contribution is 7.90. The minimum Gasteiger partial charge on any atom is -0.370 e. The van der Waals surface area contributed by atoms with Gasteiger partial charge in [0.2, 0.25) is 0 Å². The topological polar surface area (TPSA) is 94.1 Å². The van der Waals surface area contributed by atoms with Gasteiger partial charge in [-0.05, 0) is 55.8 Å². The third-order valence-electron chi connectivity index (χ3n) is 8.54. The zero-order valence-corrected chi connectivity index (χ0v) is 25.2. The number of piperazine rings is 1. The van der Waals surface area contributed by atoms with Gasteiger partial charge in [-0.3, -0.25) is 9.74 Å². The molecule has 10 nitrogen and oxygen atoms in total. The molecule has 3 aliphatic rings. The molecule has 0 spiro atoms. The number of hydrogen-bond donors (Lipinski definition) is 1. The van der Waals surface area contributed by atoms with Gasteiger partial charge in [-0.15, -0.1) is 0 Å². The zero-order valence-electron chi connectivity index (χ0n) is 24.4. The van der Waals surface area contributed by atoms with Crippen molar-refractivity contribution >= 4 is 32.8 Å². The number of rotatable bonds is 7. The number of likely N-dealkylation sites (N-methyl/N-ethyl adjacent to an activating group) is 1. The number of aromatic nitrogens is 2. The molecule has 4 heterocycles. The van der Waals surface area contributed by atoms with Crippen LogP contribution in [0.25, 0.3) is 0 Å². The van der Waals surface area contributed by atoms with Gasteiger partial charge >= 0.3 is 0 Å². The summed E-state index contributed by atoms with van der Waals surface area (Å²) in [6.07, 6.45) is 5.12. The Morgan fingerprint density at radius 3 is 2.33 bits per heavy atom. The van der Waals surface area contributed by atoms with Gasteiger partial charge in [0.05, 0.1) is 23.2 Å². The monoisotopic (exact) mass is 613 g/mol. The molecule has 43 heavy (non-hydrogen) atoms. The Labute approximate surface area is 251 Å². The molecule has 0 radical (unpaired) electrons. The maximum absolute atomic E-state index is 13.9. The van der Waals surface area contributed by atoms with E-state index in [-0.39, 0.29) is 4.90 Å². The number of sulfone groups is 1. The van der Waals surface area contributed by atoms with Gasteiger partial charge in [0.25, 0.3) is 0 Å². The summed E-state index contributed by atoms with van der Waals surface area (Å²) in [6, 6.07) is 10.5. The fourth-order valence-electron chi connectivity index (χ4n) is 6.26. The number of piperidine rings is 1. The van der Waals surface area contributed by atoms with E-state index >= 15 is 0 Å². The first-order valence-corrected chi connectivity index (χ1v) is 16.5. The number of benzene rings is 2. The third-order valence-corrected chi connectivity index (χ3v) is 9.67. The highest BCUT2D eigenvalue weighted by Gasteiger charge is 2.31. The number of nitrogens with zero attached hydrogens (tertiary/aromatic N) is 6. The van der Waals surface area contributed by atoms with Gasteiger partial charge in [-0.1, -0.05) is 0 Å². The fraction of sp³-hybridized carbons (Fsp3) is 0.467. The van der Waals surface area contributed by atoms with Crippen molar-refractivity contribution in [2.45, 2.75) is 36.2 Å². The van der Waals surface area contributed by atoms with Gasteiger partial charge < -0.3 is 15.1 Å². The molecule has 0 amide bonds. The second-order valence-corrected chi connectivity index (χ2v) is 13.5. The molecule has 3 fully saturated rings. The predicted octanol–water partition coefficient (Wildman–Crippen LogP) is 4.00. The van der Waals surface area contributed by atoms with Crippen LogP contribution in [-0.2, 0) is 14.7 Å². The quantitative estimate of drug-likeness (QED) is 0.422. The Balaban J connectivity index is 1.18. The normalized spacial score (nSPS) is 21.0. The lowest BCUT2D eigenvalue weighted by Gasteiger charge is -2.42. The third kappa shape index (κ3) is 6.74. The smallest absolute Gasteiger partial charge is 0.177 e. The van der Waals surface area contributed by atoms with Crippen LogP contribution in [-0.4, -0.2) is 93.4 Å². The first-order chi connectivity index (χ1) is 20.6. The van der Waals surface area contributed by atoms with Crippen LogP contribution < -0.4 is 15.3 Å². The van der Waals surface area contributed by atoms with E-state index in [9.17, 15) is 17.2 Å². The SMILES string of the molecule is CN1CCN(C2CCN(c3ccc(Nc4cc(N5OCCC5c5cc(F)cc(F)c5)ncn4)cc3S(C)(=O)=O)CC2)CC1. The van der Waals surface area contributed by atoms with E-state index in [4.69, 9.17) is 4.84 Å². The number of hydroxylamine groups is 1. The summed E-state index contributed by atoms with van der Waals surface area (Å²) in [5.74, 6) is -0.481. The van der Waals surface area contributed by atoms with Crippen LogP contribution >= 0.6 is 0 Å². The molecular formula is C30H37F2N7O3S. The first-order valence-electron chi connectivity index (χ1n) is 14.6. The number of nitrogens with one attached hydrogen (secondary N) is 1. The highest BCUT2D eigenvalue weighted by Crippen LogP contribution is 2.36. The second kappa shape index (κ2) is 12.3.